The van der Waals surface area contributed by atoms with Gasteiger partial charge < -0.3 is 5.32 Å². The molecule has 0 aliphatic carbocycles. The summed E-state index contributed by atoms with van der Waals surface area (Å²) in [4.78, 5) is 3.41. The van der Waals surface area contributed by atoms with Gasteiger partial charge in [-0.05, 0) is 37.8 Å². The number of anilines is 1. The summed E-state index contributed by atoms with van der Waals surface area (Å²) < 4.78 is 36.9. The molecule has 102 valence electrons. The highest BCUT2D eigenvalue weighted by Crippen LogP contribution is 2.27. The van der Waals surface area contributed by atoms with E-state index in [1.54, 1.807) is 0 Å². The van der Waals surface area contributed by atoms with Crippen molar-refractivity contribution in [3.8, 4) is 0 Å². The fourth-order valence-electron chi connectivity index (χ4n) is 1.59. The average Bonchev–Trinajstić information content (AvgIpc) is 2.26. The van der Waals surface area contributed by atoms with Crippen LogP contribution in [-0.4, -0.2) is 11.0 Å². The van der Waals surface area contributed by atoms with E-state index in [0.29, 0.717) is 11.6 Å². The van der Waals surface area contributed by atoms with Crippen molar-refractivity contribution in [3.05, 3.63) is 24.0 Å². The number of aromatic nitrogens is 1. The summed E-state index contributed by atoms with van der Waals surface area (Å²) in [7, 11) is 0. The summed E-state index contributed by atoms with van der Waals surface area (Å²) in [6, 6.07) is 2.64. The predicted octanol–water partition coefficient (Wildman–Crippen LogP) is 4.34. The van der Waals surface area contributed by atoms with Gasteiger partial charge in [0.1, 0.15) is 5.69 Å². The molecule has 0 aliphatic heterocycles. The van der Waals surface area contributed by atoms with Crippen LogP contribution in [0.3, 0.4) is 0 Å². The summed E-state index contributed by atoms with van der Waals surface area (Å²) in [6.45, 7) is 6.30. The molecule has 1 N–H and O–H groups in total. The third kappa shape index (κ3) is 4.94. The first-order valence-electron chi connectivity index (χ1n) is 6.09. The normalized spacial score (nSPS) is 13.7. The molecular formula is C13H19F3N2. The Bertz CT molecular complexity index is 357. The summed E-state index contributed by atoms with van der Waals surface area (Å²) in [6.07, 6.45) is -1.07. The van der Waals surface area contributed by atoms with Crippen LogP contribution in [0.15, 0.2) is 18.3 Å². The zero-order chi connectivity index (χ0) is 13.8. The molecule has 0 saturated heterocycles. The van der Waals surface area contributed by atoms with Crippen LogP contribution in [0.1, 0.15) is 39.3 Å². The maximum absolute atomic E-state index is 12.3. The van der Waals surface area contributed by atoms with Gasteiger partial charge in [-0.15, -0.1) is 0 Å². The van der Waals surface area contributed by atoms with Crippen molar-refractivity contribution in [1.29, 1.82) is 0 Å². The lowest BCUT2D eigenvalue weighted by Crippen LogP contribution is -2.16. The Morgan fingerprint density at radius 3 is 2.28 bits per heavy atom. The van der Waals surface area contributed by atoms with E-state index >= 15 is 0 Å². The van der Waals surface area contributed by atoms with Crippen LogP contribution in [0.25, 0.3) is 0 Å². The molecular weight excluding hydrogens is 241 g/mol. The molecule has 18 heavy (non-hydrogen) atoms. The Hall–Kier alpha value is -1.26. The van der Waals surface area contributed by atoms with Crippen LogP contribution in [0.4, 0.5) is 18.9 Å². The highest BCUT2D eigenvalue weighted by Gasteiger charge is 2.32. The third-order valence-electron chi connectivity index (χ3n) is 2.64. The van der Waals surface area contributed by atoms with Gasteiger partial charge in [0.2, 0.25) is 0 Å². The molecule has 0 radical (unpaired) electrons. The fourth-order valence-corrected chi connectivity index (χ4v) is 1.59. The number of pyridine rings is 1. The largest absolute Gasteiger partial charge is 0.433 e. The Morgan fingerprint density at radius 1 is 1.17 bits per heavy atom. The minimum Gasteiger partial charge on any atom is -0.381 e. The minimum atomic E-state index is -4.37. The first kappa shape index (κ1) is 14.8. The number of halogens is 3. The Morgan fingerprint density at radius 2 is 1.83 bits per heavy atom. The van der Waals surface area contributed by atoms with E-state index in [0.717, 1.165) is 18.9 Å². The summed E-state index contributed by atoms with van der Waals surface area (Å²) in [5.74, 6) is 0.625. The monoisotopic (exact) mass is 260 g/mol. The molecule has 1 heterocycles. The number of alkyl halides is 3. The molecule has 0 aromatic carbocycles. The van der Waals surface area contributed by atoms with Gasteiger partial charge >= 0.3 is 6.18 Å². The highest BCUT2D eigenvalue weighted by atomic mass is 19.4. The van der Waals surface area contributed by atoms with E-state index in [4.69, 9.17) is 0 Å². The van der Waals surface area contributed by atoms with Crippen molar-refractivity contribution in [3.63, 3.8) is 0 Å². The molecule has 0 aliphatic rings. The molecule has 0 saturated carbocycles. The molecule has 0 spiro atoms. The lowest BCUT2D eigenvalue weighted by Gasteiger charge is -2.16. The van der Waals surface area contributed by atoms with Crippen LogP contribution in [-0.2, 0) is 6.18 Å². The van der Waals surface area contributed by atoms with E-state index in [1.807, 2.05) is 6.92 Å². The standard InChI is InChI=1S/C13H19F3N2/c1-9(2)4-5-10(3)18-11-6-7-12(17-8-11)13(14,15)16/h6-10,18H,4-5H2,1-3H3. The van der Waals surface area contributed by atoms with Crippen molar-refractivity contribution in [2.75, 3.05) is 5.32 Å². The predicted molar refractivity (Wildman–Crippen MR) is 66.4 cm³/mol. The third-order valence-corrected chi connectivity index (χ3v) is 2.64. The molecule has 2 nitrogen and oxygen atoms in total. The molecule has 1 rings (SSSR count). The molecule has 0 fully saturated rings. The van der Waals surface area contributed by atoms with Gasteiger partial charge in [0, 0.05) is 6.04 Å². The maximum atomic E-state index is 12.3. The summed E-state index contributed by atoms with van der Waals surface area (Å²) in [5, 5.41) is 3.15. The number of hydrogen-bond donors (Lipinski definition) is 1. The van der Waals surface area contributed by atoms with Gasteiger partial charge in [0.05, 0.1) is 11.9 Å². The summed E-state index contributed by atoms with van der Waals surface area (Å²) >= 11 is 0. The quantitative estimate of drug-likeness (QED) is 0.852. The lowest BCUT2D eigenvalue weighted by atomic mass is 10.0. The van der Waals surface area contributed by atoms with Crippen LogP contribution in [0.5, 0.6) is 0 Å². The SMILES string of the molecule is CC(C)CCC(C)Nc1ccc(C(F)(F)F)nc1. The second-order valence-corrected chi connectivity index (χ2v) is 4.95. The van der Waals surface area contributed by atoms with E-state index in [1.165, 1.54) is 12.3 Å². The summed E-state index contributed by atoms with van der Waals surface area (Å²) in [5.41, 5.74) is -0.234. The second kappa shape index (κ2) is 6.07. The van der Waals surface area contributed by atoms with Gasteiger partial charge in [-0.2, -0.15) is 13.2 Å². The van der Waals surface area contributed by atoms with E-state index in [-0.39, 0.29) is 6.04 Å². The average molecular weight is 260 g/mol. The van der Waals surface area contributed by atoms with E-state index in [9.17, 15) is 13.2 Å². The Kier molecular flexibility index (Phi) is 4.99. The van der Waals surface area contributed by atoms with E-state index in [2.05, 4.69) is 24.1 Å². The van der Waals surface area contributed by atoms with Crippen molar-refractivity contribution in [2.45, 2.75) is 45.8 Å². The van der Waals surface area contributed by atoms with Crippen molar-refractivity contribution in [2.24, 2.45) is 5.92 Å². The van der Waals surface area contributed by atoms with Gasteiger partial charge in [-0.25, -0.2) is 4.98 Å². The Labute approximate surface area is 106 Å². The molecule has 5 heteroatoms. The second-order valence-electron chi connectivity index (χ2n) is 4.95. The molecule has 1 aromatic heterocycles. The van der Waals surface area contributed by atoms with Gasteiger partial charge in [-0.1, -0.05) is 13.8 Å². The first-order chi connectivity index (χ1) is 8.29. The topological polar surface area (TPSA) is 24.9 Å². The zero-order valence-electron chi connectivity index (χ0n) is 10.9. The van der Waals surface area contributed by atoms with Crippen LogP contribution < -0.4 is 5.32 Å². The minimum absolute atomic E-state index is 0.228. The van der Waals surface area contributed by atoms with Gasteiger partial charge in [-0.3, -0.25) is 0 Å². The molecule has 0 bridgehead atoms. The zero-order valence-corrected chi connectivity index (χ0v) is 10.9. The number of nitrogens with zero attached hydrogens (tertiary/aromatic N) is 1. The van der Waals surface area contributed by atoms with Crippen LogP contribution in [0.2, 0.25) is 0 Å². The van der Waals surface area contributed by atoms with Crippen molar-refractivity contribution < 1.29 is 13.2 Å². The van der Waals surface area contributed by atoms with Crippen molar-refractivity contribution >= 4 is 5.69 Å². The maximum Gasteiger partial charge on any atom is 0.433 e. The first-order valence-corrected chi connectivity index (χ1v) is 6.09. The molecule has 0 amide bonds. The highest BCUT2D eigenvalue weighted by molar-refractivity contribution is 5.42. The Balaban J connectivity index is 2.53. The molecule has 1 aromatic rings. The van der Waals surface area contributed by atoms with Crippen LogP contribution >= 0.6 is 0 Å². The lowest BCUT2D eigenvalue weighted by molar-refractivity contribution is -0.141. The molecule has 1 unspecified atom stereocenters. The van der Waals surface area contributed by atoms with E-state index < -0.39 is 11.9 Å². The molecule has 1 atom stereocenters. The number of hydrogen-bond acceptors (Lipinski definition) is 2. The fraction of sp³-hybridized carbons (Fsp3) is 0.615. The number of nitrogens with one attached hydrogen (secondary N) is 1. The van der Waals surface area contributed by atoms with Gasteiger partial charge in [0.25, 0.3) is 0 Å². The van der Waals surface area contributed by atoms with Crippen LogP contribution in [0, 0.1) is 5.92 Å². The van der Waals surface area contributed by atoms with Crippen molar-refractivity contribution in [1.82, 2.24) is 4.98 Å². The smallest absolute Gasteiger partial charge is 0.381 e. The van der Waals surface area contributed by atoms with Gasteiger partial charge in [0.15, 0.2) is 0 Å². The number of rotatable bonds is 5.